The first-order valence-corrected chi connectivity index (χ1v) is 18.3. The van der Waals surface area contributed by atoms with Crippen LogP contribution in [0.3, 0.4) is 0 Å². The molecule has 4 fully saturated rings. The molecular formula is C36H37Cl4N7O3. The summed E-state index contributed by atoms with van der Waals surface area (Å²) in [5, 5.41) is 15.9. The van der Waals surface area contributed by atoms with Gasteiger partial charge in [0.1, 0.15) is 27.2 Å². The van der Waals surface area contributed by atoms with E-state index in [0.29, 0.717) is 47.8 Å². The highest BCUT2D eigenvalue weighted by atomic mass is 35.5. The molecule has 14 heteroatoms. The molecule has 3 amide bonds. The van der Waals surface area contributed by atoms with Crippen molar-refractivity contribution < 1.29 is 14.3 Å². The van der Waals surface area contributed by atoms with Crippen LogP contribution in [0.25, 0.3) is 0 Å². The first-order chi connectivity index (χ1) is 23.9. The number of amides is 3. The van der Waals surface area contributed by atoms with Crippen molar-refractivity contribution in [2.24, 2.45) is 23.2 Å². The molecule has 262 valence electrons. The second-order valence-electron chi connectivity index (χ2n) is 14.5. The van der Waals surface area contributed by atoms with Crippen LogP contribution in [0, 0.1) is 34.5 Å². The summed E-state index contributed by atoms with van der Waals surface area (Å²) in [5.74, 6) is 1.28. The van der Waals surface area contributed by atoms with E-state index in [2.05, 4.69) is 51.5 Å². The predicted octanol–water partition coefficient (Wildman–Crippen LogP) is 8.51. The molecule has 0 bridgehead atoms. The van der Waals surface area contributed by atoms with Gasteiger partial charge in [0.2, 0.25) is 0 Å². The number of piperidine rings is 1. The van der Waals surface area contributed by atoms with Crippen LogP contribution in [0.15, 0.2) is 48.5 Å². The van der Waals surface area contributed by atoms with Gasteiger partial charge in [0.25, 0.3) is 0 Å². The number of hydrogen-bond donors (Lipinski definition) is 2. The zero-order chi connectivity index (χ0) is 35.4. The van der Waals surface area contributed by atoms with Gasteiger partial charge in [0.15, 0.2) is 0 Å². The van der Waals surface area contributed by atoms with E-state index >= 15 is 0 Å². The minimum absolute atomic E-state index is 0.00272. The Hall–Kier alpha value is -3.33. The first-order valence-electron chi connectivity index (χ1n) is 16.8. The quantitative estimate of drug-likeness (QED) is 0.210. The average Bonchev–Trinajstić information content (AvgIpc) is 3.85. The fraction of sp³-hybridized carbons (Fsp3) is 0.472. The summed E-state index contributed by atoms with van der Waals surface area (Å²) in [4.78, 5) is 39.1. The molecule has 0 spiro atoms. The summed E-state index contributed by atoms with van der Waals surface area (Å²) < 4.78 is 5.75. The number of halogens is 4. The van der Waals surface area contributed by atoms with E-state index in [1.807, 2.05) is 23.1 Å². The SMILES string of the molecule is CC1(C)C2[C@@H](COC(=O)Nc3cc(Cl)nc(Cl)c3)N(CCN(C(=O)Nc3cc(Cl)nc(Cl)c3)[C@@H]3CC[C@]4(c5cccc(C#N)c5)CC4C3)C[C@@H]21. The molecule has 2 aromatic heterocycles. The smallest absolute Gasteiger partial charge is 0.411 e. The predicted molar refractivity (Wildman–Crippen MR) is 194 cm³/mol. The minimum atomic E-state index is -0.601. The third kappa shape index (κ3) is 7.08. The molecule has 4 aliphatic rings. The van der Waals surface area contributed by atoms with Crippen LogP contribution < -0.4 is 10.6 Å². The Kier molecular flexibility index (Phi) is 9.59. The monoisotopic (exact) mass is 755 g/mol. The number of nitrogens with one attached hydrogen (secondary N) is 2. The lowest BCUT2D eigenvalue weighted by atomic mass is 9.80. The maximum Gasteiger partial charge on any atom is 0.411 e. The molecule has 1 aliphatic heterocycles. The van der Waals surface area contributed by atoms with Gasteiger partial charge < -0.3 is 15.0 Å². The number of nitrogens with zero attached hydrogens (tertiary/aromatic N) is 5. The van der Waals surface area contributed by atoms with E-state index < -0.39 is 6.09 Å². The molecule has 2 unspecified atom stereocenters. The van der Waals surface area contributed by atoms with E-state index in [0.717, 1.165) is 32.2 Å². The van der Waals surface area contributed by atoms with Crippen molar-refractivity contribution in [3.8, 4) is 6.07 Å². The number of benzene rings is 1. The Labute approximate surface area is 311 Å². The van der Waals surface area contributed by atoms with E-state index in [-0.39, 0.29) is 56.2 Å². The number of fused-ring (bicyclic) bond motifs is 2. The van der Waals surface area contributed by atoms with E-state index in [1.165, 1.54) is 17.7 Å². The number of likely N-dealkylation sites (tertiary alicyclic amines) is 1. The van der Waals surface area contributed by atoms with Gasteiger partial charge in [0, 0.05) is 37.4 Å². The highest BCUT2D eigenvalue weighted by Crippen LogP contribution is 2.65. The van der Waals surface area contributed by atoms with Crippen molar-refractivity contribution in [1.82, 2.24) is 19.8 Å². The third-order valence-corrected chi connectivity index (χ3v) is 12.2. The van der Waals surface area contributed by atoms with E-state index in [9.17, 15) is 14.9 Å². The lowest BCUT2D eigenvalue weighted by Gasteiger charge is -2.39. The van der Waals surface area contributed by atoms with Crippen LogP contribution in [0.1, 0.15) is 50.7 Å². The number of urea groups is 1. The van der Waals surface area contributed by atoms with Gasteiger partial charge in [-0.05, 0) is 96.2 Å². The number of carbonyl (C=O) groups is 2. The van der Waals surface area contributed by atoms with Gasteiger partial charge in [-0.25, -0.2) is 19.6 Å². The zero-order valence-corrected chi connectivity index (χ0v) is 30.7. The number of anilines is 2. The summed E-state index contributed by atoms with van der Waals surface area (Å²) in [5.41, 5.74) is 2.98. The van der Waals surface area contributed by atoms with Gasteiger partial charge >= 0.3 is 12.1 Å². The van der Waals surface area contributed by atoms with Gasteiger partial charge in [-0.2, -0.15) is 5.26 Å². The molecule has 6 atom stereocenters. The van der Waals surface area contributed by atoms with Crippen LogP contribution in [0.2, 0.25) is 20.6 Å². The maximum absolute atomic E-state index is 14.0. The summed E-state index contributed by atoms with van der Waals surface area (Å²) >= 11 is 24.3. The average molecular weight is 758 g/mol. The fourth-order valence-electron chi connectivity index (χ4n) is 8.80. The Bertz CT molecular complexity index is 1830. The van der Waals surface area contributed by atoms with Crippen molar-refractivity contribution in [2.45, 2.75) is 57.0 Å². The number of aromatic nitrogens is 2. The fourth-order valence-corrected chi connectivity index (χ4v) is 9.72. The number of pyridine rings is 2. The Morgan fingerprint density at radius 1 is 1.02 bits per heavy atom. The standard InChI is InChI=1S/C36H37Cl4N7O3/c1-35(2)26-18-46(27(32(26)35)19-50-34(49)43-24-14-30(39)45-31(40)15-24)8-9-47(33(48)42-23-12-28(37)44-29(38)13-23)25-6-7-36(16-22(36)11-25)21-5-3-4-20(10-21)17-41/h3-5,10,12-15,22,25-27,32H,6-9,11,16,18-19H2,1-2H3,(H,42,44,48)(H,43,45,49)/t22?,25-,26+,27-,32?,36-/m1/s1. The van der Waals surface area contributed by atoms with Crippen molar-refractivity contribution in [3.63, 3.8) is 0 Å². The van der Waals surface area contributed by atoms with Gasteiger partial charge in [-0.15, -0.1) is 0 Å². The molecular weight excluding hydrogens is 720 g/mol. The maximum atomic E-state index is 14.0. The number of rotatable bonds is 9. The van der Waals surface area contributed by atoms with Crippen LogP contribution in [-0.4, -0.2) is 70.2 Å². The van der Waals surface area contributed by atoms with E-state index in [4.69, 9.17) is 51.1 Å². The molecule has 3 heterocycles. The second-order valence-corrected chi connectivity index (χ2v) is 16.1. The number of nitriles is 1. The van der Waals surface area contributed by atoms with Gasteiger partial charge in [-0.1, -0.05) is 72.4 Å². The highest BCUT2D eigenvalue weighted by molar-refractivity contribution is 6.33. The Balaban J connectivity index is 1.05. The van der Waals surface area contributed by atoms with Crippen LogP contribution in [0.4, 0.5) is 21.0 Å². The number of ether oxygens (including phenoxy) is 1. The van der Waals surface area contributed by atoms with Gasteiger partial charge in [0.05, 0.1) is 17.3 Å². The molecule has 3 aliphatic carbocycles. The lowest BCUT2D eigenvalue weighted by Crippen LogP contribution is -2.50. The third-order valence-electron chi connectivity index (χ3n) is 11.5. The Morgan fingerprint density at radius 3 is 2.32 bits per heavy atom. The van der Waals surface area contributed by atoms with Crippen molar-refractivity contribution in [2.75, 3.05) is 36.9 Å². The topological polar surface area (TPSA) is 123 Å². The largest absolute Gasteiger partial charge is 0.448 e. The summed E-state index contributed by atoms with van der Waals surface area (Å²) in [6.07, 6.45) is 3.10. The summed E-state index contributed by atoms with van der Waals surface area (Å²) in [6.45, 7) is 6.70. The molecule has 1 aromatic carbocycles. The van der Waals surface area contributed by atoms with Gasteiger partial charge in [-0.3, -0.25) is 10.2 Å². The Morgan fingerprint density at radius 2 is 1.68 bits per heavy atom. The molecule has 7 rings (SSSR count). The highest BCUT2D eigenvalue weighted by Gasteiger charge is 2.66. The number of hydrogen-bond acceptors (Lipinski definition) is 7. The molecule has 10 nitrogen and oxygen atoms in total. The van der Waals surface area contributed by atoms with E-state index in [1.54, 1.807) is 12.1 Å². The van der Waals surface area contributed by atoms with Crippen molar-refractivity contribution in [3.05, 3.63) is 80.3 Å². The number of carbonyl (C=O) groups excluding carboxylic acids is 2. The van der Waals surface area contributed by atoms with Crippen molar-refractivity contribution >= 4 is 69.9 Å². The molecule has 0 radical (unpaired) electrons. The van der Waals surface area contributed by atoms with Crippen molar-refractivity contribution in [1.29, 1.82) is 5.26 Å². The normalized spacial score (nSPS) is 27.3. The van der Waals surface area contributed by atoms with Crippen LogP contribution >= 0.6 is 46.4 Å². The minimum Gasteiger partial charge on any atom is -0.448 e. The van der Waals surface area contributed by atoms with Crippen LogP contribution in [0.5, 0.6) is 0 Å². The lowest BCUT2D eigenvalue weighted by molar-refractivity contribution is 0.0815. The summed E-state index contributed by atoms with van der Waals surface area (Å²) in [7, 11) is 0. The molecule has 3 saturated carbocycles. The molecule has 2 N–H and O–H groups in total. The molecule has 3 aromatic rings. The zero-order valence-electron chi connectivity index (χ0n) is 27.6. The van der Waals surface area contributed by atoms with Crippen LogP contribution in [-0.2, 0) is 10.2 Å². The second kappa shape index (κ2) is 13.7. The molecule has 50 heavy (non-hydrogen) atoms. The first kappa shape index (κ1) is 35.1. The summed E-state index contributed by atoms with van der Waals surface area (Å²) in [6, 6.07) is 16.2. The molecule has 1 saturated heterocycles.